The molecule has 1 aliphatic heterocycles. The second-order valence-corrected chi connectivity index (χ2v) is 7.24. The standard InChI is InChI=1S/C18H18ClFN2O2S/c1-11-17(7-8-24-11)25-22-14-4-2-3-12(9-14)18(23)21-13-5-6-16(20)15(19)10-13/h2-6,9-11,17,22H,7-8H2,1H3,(H,21,23). The molecule has 1 amide bonds. The lowest BCUT2D eigenvalue weighted by Gasteiger charge is -2.15. The van der Waals surface area contributed by atoms with Crippen LogP contribution >= 0.6 is 23.5 Å². The number of amides is 1. The maximum absolute atomic E-state index is 13.2. The summed E-state index contributed by atoms with van der Waals surface area (Å²) < 4.78 is 22.0. The van der Waals surface area contributed by atoms with Crippen molar-refractivity contribution in [2.24, 2.45) is 0 Å². The highest BCUT2D eigenvalue weighted by Gasteiger charge is 2.24. The van der Waals surface area contributed by atoms with Gasteiger partial charge in [-0.2, -0.15) is 0 Å². The van der Waals surface area contributed by atoms with Gasteiger partial charge in [0, 0.05) is 23.5 Å². The predicted molar refractivity (Wildman–Crippen MR) is 101 cm³/mol. The van der Waals surface area contributed by atoms with Crippen molar-refractivity contribution in [3.8, 4) is 0 Å². The van der Waals surface area contributed by atoms with Crippen molar-refractivity contribution in [2.75, 3.05) is 16.6 Å². The zero-order valence-electron chi connectivity index (χ0n) is 13.6. The van der Waals surface area contributed by atoms with Crippen molar-refractivity contribution in [3.05, 3.63) is 58.9 Å². The molecule has 2 atom stereocenters. The highest BCUT2D eigenvalue weighted by atomic mass is 35.5. The summed E-state index contributed by atoms with van der Waals surface area (Å²) in [6, 6.07) is 11.3. The highest BCUT2D eigenvalue weighted by molar-refractivity contribution is 8.01. The number of hydrogen-bond donors (Lipinski definition) is 2. The topological polar surface area (TPSA) is 50.4 Å². The third kappa shape index (κ3) is 4.66. The molecule has 1 aliphatic rings. The van der Waals surface area contributed by atoms with Crippen molar-refractivity contribution in [1.82, 2.24) is 0 Å². The summed E-state index contributed by atoms with van der Waals surface area (Å²) in [7, 11) is 0. The van der Waals surface area contributed by atoms with Crippen LogP contribution in [0, 0.1) is 5.82 Å². The molecule has 0 saturated carbocycles. The number of nitrogens with one attached hydrogen (secondary N) is 2. The summed E-state index contributed by atoms with van der Waals surface area (Å²) in [4.78, 5) is 12.4. The number of ether oxygens (including phenoxy) is 1. The Bertz CT molecular complexity index is 774. The largest absolute Gasteiger partial charge is 0.377 e. The first-order chi connectivity index (χ1) is 12.0. The van der Waals surface area contributed by atoms with E-state index in [1.807, 2.05) is 12.1 Å². The van der Waals surface area contributed by atoms with Gasteiger partial charge in [0.2, 0.25) is 0 Å². The number of anilines is 2. The quantitative estimate of drug-likeness (QED) is 0.719. The monoisotopic (exact) mass is 380 g/mol. The lowest BCUT2D eigenvalue weighted by atomic mass is 10.2. The fourth-order valence-electron chi connectivity index (χ4n) is 2.51. The van der Waals surface area contributed by atoms with Crippen LogP contribution in [0.2, 0.25) is 5.02 Å². The first-order valence-corrected chi connectivity index (χ1v) is 9.18. The first kappa shape index (κ1) is 18.0. The second-order valence-electron chi connectivity index (χ2n) is 5.79. The molecule has 0 spiro atoms. The molecule has 25 heavy (non-hydrogen) atoms. The molecule has 1 saturated heterocycles. The average molecular weight is 381 g/mol. The highest BCUT2D eigenvalue weighted by Crippen LogP contribution is 2.28. The molecule has 1 fully saturated rings. The summed E-state index contributed by atoms with van der Waals surface area (Å²) in [5.41, 5.74) is 1.79. The normalized spacial score (nSPS) is 19.6. The molecule has 0 aliphatic carbocycles. The van der Waals surface area contributed by atoms with E-state index in [0.29, 0.717) is 16.5 Å². The van der Waals surface area contributed by atoms with Gasteiger partial charge in [0.25, 0.3) is 5.91 Å². The lowest BCUT2D eigenvalue weighted by Crippen LogP contribution is -2.15. The van der Waals surface area contributed by atoms with Gasteiger partial charge in [-0.05, 0) is 61.7 Å². The molecule has 7 heteroatoms. The Hall–Kier alpha value is -1.76. The Morgan fingerprint density at radius 3 is 2.84 bits per heavy atom. The summed E-state index contributed by atoms with van der Waals surface area (Å²) in [5.74, 6) is -0.804. The van der Waals surface area contributed by atoms with Crippen LogP contribution < -0.4 is 10.0 Å². The van der Waals surface area contributed by atoms with E-state index in [0.717, 1.165) is 18.7 Å². The minimum Gasteiger partial charge on any atom is -0.377 e. The molecular formula is C18H18ClFN2O2S. The molecule has 1 heterocycles. The molecular weight excluding hydrogens is 363 g/mol. The van der Waals surface area contributed by atoms with Crippen LogP contribution in [-0.2, 0) is 4.74 Å². The van der Waals surface area contributed by atoms with Gasteiger partial charge in [-0.3, -0.25) is 4.79 Å². The van der Waals surface area contributed by atoms with Gasteiger partial charge in [-0.15, -0.1) is 0 Å². The summed E-state index contributed by atoms with van der Waals surface area (Å²) in [6.45, 7) is 2.84. The van der Waals surface area contributed by atoms with Gasteiger partial charge in [0.15, 0.2) is 0 Å². The maximum Gasteiger partial charge on any atom is 0.255 e. The van der Waals surface area contributed by atoms with E-state index in [1.165, 1.54) is 18.2 Å². The van der Waals surface area contributed by atoms with E-state index in [-0.39, 0.29) is 17.0 Å². The predicted octanol–water partition coefficient (Wildman–Crippen LogP) is 4.97. The number of carbonyl (C=O) groups is 1. The Morgan fingerprint density at radius 2 is 2.12 bits per heavy atom. The molecule has 2 unspecified atom stereocenters. The first-order valence-electron chi connectivity index (χ1n) is 7.92. The van der Waals surface area contributed by atoms with Crippen LogP contribution in [0.1, 0.15) is 23.7 Å². The van der Waals surface area contributed by atoms with Crippen molar-refractivity contribution < 1.29 is 13.9 Å². The van der Waals surface area contributed by atoms with Crippen molar-refractivity contribution in [3.63, 3.8) is 0 Å². The fraction of sp³-hybridized carbons (Fsp3) is 0.278. The molecule has 2 aromatic carbocycles. The SMILES string of the molecule is CC1OCCC1SNc1cccc(C(=O)Nc2ccc(F)c(Cl)c2)c1. The molecule has 0 aromatic heterocycles. The van der Waals surface area contributed by atoms with Crippen LogP contribution in [-0.4, -0.2) is 23.9 Å². The van der Waals surface area contributed by atoms with Crippen molar-refractivity contribution in [2.45, 2.75) is 24.7 Å². The summed E-state index contributed by atoms with van der Waals surface area (Å²) in [5, 5.41) is 3.07. The third-order valence-electron chi connectivity index (χ3n) is 3.94. The molecule has 4 nitrogen and oxygen atoms in total. The molecule has 132 valence electrons. The van der Waals surface area contributed by atoms with Crippen LogP contribution in [0.15, 0.2) is 42.5 Å². The van der Waals surface area contributed by atoms with E-state index in [2.05, 4.69) is 17.0 Å². The third-order valence-corrected chi connectivity index (χ3v) is 5.50. The molecule has 2 aromatic rings. The van der Waals surface area contributed by atoms with Crippen LogP contribution in [0.4, 0.5) is 15.8 Å². The number of carbonyl (C=O) groups excluding carboxylic acids is 1. The molecule has 0 bridgehead atoms. The Labute approximate surface area is 155 Å². The van der Waals surface area contributed by atoms with Gasteiger partial charge >= 0.3 is 0 Å². The van der Waals surface area contributed by atoms with Gasteiger partial charge < -0.3 is 14.8 Å². The zero-order chi connectivity index (χ0) is 17.8. The van der Waals surface area contributed by atoms with E-state index in [4.69, 9.17) is 16.3 Å². The Morgan fingerprint density at radius 1 is 1.28 bits per heavy atom. The summed E-state index contributed by atoms with van der Waals surface area (Å²) in [6.07, 6.45) is 1.22. The van der Waals surface area contributed by atoms with Gasteiger partial charge in [-0.25, -0.2) is 4.39 Å². The van der Waals surface area contributed by atoms with E-state index in [1.54, 1.807) is 24.1 Å². The Kier molecular flexibility index (Phi) is 5.83. The Balaban J connectivity index is 1.63. The van der Waals surface area contributed by atoms with Gasteiger partial charge in [0.1, 0.15) is 5.82 Å². The number of halogens is 2. The van der Waals surface area contributed by atoms with E-state index >= 15 is 0 Å². The second kappa shape index (κ2) is 8.08. The maximum atomic E-state index is 13.2. The number of benzene rings is 2. The molecule has 2 N–H and O–H groups in total. The van der Waals surface area contributed by atoms with Gasteiger partial charge in [-0.1, -0.05) is 17.7 Å². The smallest absolute Gasteiger partial charge is 0.255 e. The fourth-order valence-corrected chi connectivity index (χ4v) is 3.59. The van der Waals surface area contributed by atoms with Crippen LogP contribution in [0.25, 0.3) is 0 Å². The van der Waals surface area contributed by atoms with Gasteiger partial charge in [0.05, 0.1) is 16.4 Å². The molecule has 0 radical (unpaired) electrons. The zero-order valence-corrected chi connectivity index (χ0v) is 15.2. The average Bonchev–Trinajstić information content (AvgIpc) is 3.01. The minimum absolute atomic E-state index is 0.0301. The van der Waals surface area contributed by atoms with Crippen LogP contribution in [0.5, 0.6) is 0 Å². The number of hydrogen-bond acceptors (Lipinski definition) is 4. The lowest BCUT2D eigenvalue weighted by molar-refractivity contribution is 0.102. The number of rotatable bonds is 5. The molecule has 3 rings (SSSR count). The minimum atomic E-state index is -0.520. The van der Waals surface area contributed by atoms with E-state index in [9.17, 15) is 9.18 Å². The van der Waals surface area contributed by atoms with Crippen molar-refractivity contribution >= 4 is 40.8 Å². The summed E-state index contributed by atoms with van der Waals surface area (Å²) >= 11 is 7.34. The van der Waals surface area contributed by atoms with E-state index < -0.39 is 5.82 Å². The van der Waals surface area contributed by atoms with Crippen LogP contribution in [0.3, 0.4) is 0 Å². The van der Waals surface area contributed by atoms with Crippen molar-refractivity contribution in [1.29, 1.82) is 0 Å².